The van der Waals surface area contributed by atoms with Crippen LogP contribution in [0.5, 0.6) is 0 Å². The highest BCUT2D eigenvalue weighted by Crippen LogP contribution is 2.25. The maximum absolute atomic E-state index is 12.2. The molecule has 0 radical (unpaired) electrons. The van der Waals surface area contributed by atoms with Crippen molar-refractivity contribution in [1.82, 2.24) is 0 Å². The Kier molecular flexibility index (Phi) is 14.0. The second kappa shape index (κ2) is 15.4. The van der Waals surface area contributed by atoms with E-state index in [4.69, 9.17) is 0 Å². The van der Waals surface area contributed by atoms with Crippen LogP contribution in [0.3, 0.4) is 0 Å². The quantitative estimate of drug-likeness (QED) is 0.193. The fourth-order valence-electron chi connectivity index (χ4n) is 3.24. The van der Waals surface area contributed by atoms with Crippen molar-refractivity contribution in [3.05, 3.63) is 29.8 Å². The van der Waals surface area contributed by atoms with E-state index in [1.165, 1.54) is 77.0 Å². The summed E-state index contributed by atoms with van der Waals surface area (Å²) in [6.45, 7) is 4.24. The van der Waals surface area contributed by atoms with Gasteiger partial charge in [-0.2, -0.15) is 0 Å². The molecule has 1 aromatic rings. The summed E-state index contributed by atoms with van der Waals surface area (Å²) in [4.78, 5) is 0.434. The van der Waals surface area contributed by atoms with Gasteiger partial charge in [-0.15, -0.1) is 0 Å². The number of unbranched alkanes of at least 4 members (excludes halogenated alkanes) is 13. The van der Waals surface area contributed by atoms with E-state index in [0.717, 1.165) is 29.2 Å². The Balaban J connectivity index is 1.91. The average molecular weight is 413 g/mol. The zero-order valence-electron chi connectivity index (χ0n) is 17.5. The molecule has 0 unspecified atom stereocenters. The number of hydrogen-bond acceptors (Lipinski definition) is 3. The van der Waals surface area contributed by atoms with Crippen LogP contribution in [-0.2, 0) is 8.87 Å². The van der Waals surface area contributed by atoms with Gasteiger partial charge in [0.15, 0.2) is 0 Å². The van der Waals surface area contributed by atoms with Crippen LogP contribution in [0.4, 0.5) is 0 Å². The van der Waals surface area contributed by atoms with Crippen molar-refractivity contribution in [2.45, 2.75) is 109 Å². The number of rotatable bonds is 17. The van der Waals surface area contributed by atoms with Crippen molar-refractivity contribution in [1.29, 1.82) is 0 Å². The smallest absolute Gasteiger partial charge is 0.212 e. The average Bonchev–Trinajstić information content (AvgIpc) is 2.65. The number of aryl methyl sites for hydroxylation is 1. The van der Waals surface area contributed by atoms with Crippen molar-refractivity contribution < 1.29 is 8.42 Å². The third kappa shape index (κ3) is 12.6. The third-order valence-corrected chi connectivity index (χ3v) is 8.67. The predicted molar refractivity (Wildman–Crippen MR) is 121 cm³/mol. The first-order valence-corrected chi connectivity index (χ1v) is 14.0. The lowest BCUT2D eigenvalue weighted by atomic mass is 10.0. The summed E-state index contributed by atoms with van der Waals surface area (Å²) >= 11 is 0. The van der Waals surface area contributed by atoms with E-state index in [2.05, 4.69) is 6.92 Å². The molecule has 4 heteroatoms. The van der Waals surface area contributed by atoms with Crippen molar-refractivity contribution >= 4 is 19.7 Å². The van der Waals surface area contributed by atoms with E-state index in [9.17, 15) is 8.42 Å². The van der Waals surface area contributed by atoms with Gasteiger partial charge in [0.2, 0.25) is 8.87 Å². The summed E-state index contributed by atoms with van der Waals surface area (Å²) in [6.07, 6.45) is 18.6. The summed E-state index contributed by atoms with van der Waals surface area (Å²) in [6, 6.07) is 7.14. The molecule has 0 aromatic heterocycles. The molecule has 0 saturated carbocycles. The molecule has 1 aromatic carbocycles. The van der Waals surface area contributed by atoms with E-state index in [1.54, 1.807) is 12.1 Å². The molecule has 156 valence electrons. The second-order valence-corrected chi connectivity index (χ2v) is 11.7. The first kappa shape index (κ1) is 24.6. The van der Waals surface area contributed by atoms with Crippen LogP contribution in [-0.4, -0.2) is 14.2 Å². The van der Waals surface area contributed by atoms with Gasteiger partial charge in [0.1, 0.15) is 0 Å². The number of benzene rings is 1. The molecule has 0 bridgehead atoms. The molecule has 0 aliphatic heterocycles. The van der Waals surface area contributed by atoms with Gasteiger partial charge in [0, 0.05) is 5.75 Å². The van der Waals surface area contributed by atoms with Crippen LogP contribution in [0, 0.1) is 6.92 Å². The molecule has 1 rings (SSSR count). The summed E-state index contributed by atoms with van der Waals surface area (Å²) in [5.41, 5.74) is 1.09. The van der Waals surface area contributed by atoms with Crippen LogP contribution in [0.15, 0.2) is 29.2 Å². The van der Waals surface area contributed by atoms with Gasteiger partial charge in [-0.25, -0.2) is 8.42 Å². The number of hydrogen-bond donors (Lipinski definition) is 0. The highest BCUT2D eigenvalue weighted by molar-refractivity contribution is 8.72. The molecule has 0 spiro atoms. The normalized spacial score (nSPS) is 11.8. The minimum Gasteiger partial charge on any atom is -0.212 e. The molecule has 0 N–H and O–H groups in total. The zero-order valence-corrected chi connectivity index (χ0v) is 19.2. The minimum absolute atomic E-state index is 0.434. The zero-order chi connectivity index (χ0) is 19.8. The Morgan fingerprint density at radius 2 is 1.07 bits per heavy atom. The molecule has 0 atom stereocenters. The van der Waals surface area contributed by atoms with E-state index in [-0.39, 0.29) is 0 Å². The van der Waals surface area contributed by atoms with Crippen molar-refractivity contribution in [2.75, 3.05) is 5.75 Å². The summed E-state index contributed by atoms with van der Waals surface area (Å²) in [5, 5.41) is 0. The van der Waals surface area contributed by atoms with Crippen LogP contribution in [0.25, 0.3) is 0 Å². The first-order valence-electron chi connectivity index (χ1n) is 11.0. The lowest BCUT2D eigenvalue weighted by molar-refractivity contribution is 0.538. The molecule has 0 fully saturated rings. The van der Waals surface area contributed by atoms with Gasteiger partial charge in [-0.1, -0.05) is 108 Å². The molecular weight excluding hydrogens is 372 g/mol. The van der Waals surface area contributed by atoms with E-state index in [0.29, 0.717) is 10.6 Å². The second-order valence-electron chi connectivity index (χ2n) is 7.69. The SMILES string of the molecule is CCCCCCCCCCCCCCCCSS(=O)(=O)c1ccc(C)cc1. The molecule has 0 aliphatic rings. The summed E-state index contributed by atoms with van der Waals surface area (Å²) in [7, 11) is -2.08. The van der Waals surface area contributed by atoms with Crippen LogP contribution >= 0.6 is 10.8 Å². The van der Waals surface area contributed by atoms with Gasteiger partial charge < -0.3 is 0 Å². The molecule has 0 saturated heterocycles. The predicted octanol–water partition coefficient (Wildman–Crippen LogP) is 7.90. The highest BCUT2D eigenvalue weighted by Gasteiger charge is 2.14. The van der Waals surface area contributed by atoms with E-state index < -0.39 is 8.87 Å². The Hall–Kier alpha value is -0.480. The summed E-state index contributed by atoms with van der Waals surface area (Å²) in [5.74, 6) is 0.703. The van der Waals surface area contributed by atoms with E-state index >= 15 is 0 Å². The maximum Gasteiger partial charge on any atom is 0.229 e. The standard InChI is InChI=1S/C23H40O2S2/c1-3-4-5-6-7-8-9-10-11-12-13-14-15-16-21-26-27(24,25)23-19-17-22(2)18-20-23/h17-20H,3-16,21H2,1-2H3. The fraction of sp³-hybridized carbons (Fsp3) is 0.739. The van der Waals surface area contributed by atoms with Gasteiger partial charge in [-0.05, 0) is 36.3 Å². The molecule has 0 heterocycles. The van der Waals surface area contributed by atoms with Crippen LogP contribution in [0.1, 0.15) is 102 Å². The van der Waals surface area contributed by atoms with Crippen molar-refractivity contribution in [3.8, 4) is 0 Å². The van der Waals surface area contributed by atoms with Crippen molar-refractivity contribution in [2.24, 2.45) is 0 Å². The Bertz CT molecular complexity index is 565. The molecule has 2 nitrogen and oxygen atoms in total. The van der Waals surface area contributed by atoms with Gasteiger partial charge in [0.25, 0.3) is 0 Å². The maximum atomic E-state index is 12.2. The van der Waals surface area contributed by atoms with Gasteiger partial charge in [0.05, 0.1) is 4.90 Å². The lowest BCUT2D eigenvalue weighted by Crippen LogP contribution is -1.97. The van der Waals surface area contributed by atoms with Crippen LogP contribution < -0.4 is 0 Å². The van der Waals surface area contributed by atoms with Gasteiger partial charge in [-0.3, -0.25) is 0 Å². The first-order chi connectivity index (χ1) is 13.1. The minimum atomic E-state index is -3.18. The largest absolute Gasteiger partial charge is 0.229 e. The third-order valence-electron chi connectivity index (χ3n) is 5.05. The molecule has 27 heavy (non-hydrogen) atoms. The summed E-state index contributed by atoms with van der Waals surface area (Å²) < 4.78 is 24.5. The Morgan fingerprint density at radius 3 is 1.52 bits per heavy atom. The van der Waals surface area contributed by atoms with Crippen LogP contribution in [0.2, 0.25) is 0 Å². The Labute approximate surface area is 172 Å². The Morgan fingerprint density at radius 1 is 0.667 bits per heavy atom. The topological polar surface area (TPSA) is 34.1 Å². The van der Waals surface area contributed by atoms with Gasteiger partial charge >= 0.3 is 0 Å². The fourth-order valence-corrected chi connectivity index (χ4v) is 6.14. The molecule has 0 amide bonds. The highest BCUT2D eigenvalue weighted by atomic mass is 33.1. The van der Waals surface area contributed by atoms with Crippen molar-refractivity contribution in [3.63, 3.8) is 0 Å². The monoisotopic (exact) mass is 412 g/mol. The molecule has 0 aliphatic carbocycles. The lowest BCUT2D eigenvalue weighted by Gasteiger charge is -2.05. The van der Waals surface area contributed by atoms with E-state index in [1.807, 2.05) is 19.1 Å². The molecular formula is C23H40O2S2.